The van der Waals surface area contributed by atoms with E-state index < -0.39 is 23.0 Å². The second-order valence-corrected chi connectivity index (χ2v) is 6.90. The predicted octanol–water partition coefficient (Wildman–Crippen LogP) is 2.75. The number of carbonyl (C=O) groups excluding carboxylic acids is 2. The maximum atomic E-state index is 13.6. The number of hydrogen-bond acceptors (Lipinski definition) is 5. The van der Waals surface area contributed by atoms with E-state index in [1.165, 1.54) is 23.3 Å². The van der Waals surface area contributed by atoms with Gasteiger partial charge in [-0.25, -0.2) is 9.18 Å². The van der Waals surface area contributed by atoms with E-state index in [0.717, 1.165) is 0 Å². The number of nitrogens with one attached hydrogen (secondary N) is 1. The van der Waals surface area contributed by atoms with Gasteiger partial charge < -0.3 is 14.9 Å². The number of ether oxygens (including phenoxy) is 1. The zero-order chi connectivity index (χ0) is 17.5. The van der Waals surface area contributed by atoms with Gasteiger partial charge in [-0.2, -0.15) is 0 Å². The van der Waals surface area contributed by atoms with Gasteiger partial charge in [0, 0.05) is 5.69 Å². The Morgan fingerprint density at radius 1 is 1.38 bits per heavy atom. The maximum Gasteiger partial charge on any atom is 0.528 e. The first kappa shape index (κ1) is 16.4. The highest BCUT2D eigenvalue weighted by molar-refractivity contribution is 6.08. The third-order valence-electron chi connectivity index (χ3n) is 3.85. The molecule has 128 valence electrons. The van der Waals surface area contributed by atoms with Crippen LogP contribution < -0.4 is 5.32 Å². The van der Waals surface area contributed by atoms with Crippen LogP contribution in [-0.2, 0) is 19.8 Å². The lowest BCUT2D eigenvalue weighted by Crippen LogP contribution is -2.48. The van der Waals surface area contributed by atoms with Crippen molar-refractivity contribution < 1.29 is 23.6 Å². The average Bonchev–Trinajstić information content (AvgIpc) is 2.70. The standard InChI is InChI=1S/C17H19FN2O4/c1-16(2,3)23-15(22)24-20-8-4-7-17(10-20)12-9-11(18)5-6-13(12)19-14(17)21/h4-7,9H,8,10H2,1-3H3,(H,19,21). The number of anilines is 1. The van der Waals surface area contributed by atoms with Crippen LogP contribution in [0.15, 0.2) is 30.4 Å². The number of benzene rings is 1. The molecule has 0 aromatic heterocycles. The van der Waals surface area contributed by atoms with E-state index in [0.29, 0.717) is 17.8 Å². The van der Waals surface area contributed by atoms with Gasteiger partial charge in [0.05, 0.1) is 13.1 Å². The summed E-state index contributed by atoms with van der Waals surface area (Å²) in [5.74, 6) is -0.708. The molecule has 2 aliphatic heterocycles. The van der Waals surface area contributed by atoms with Crippen LogP contribution in [0.5, 0.6) is 0 Å². The number of rotatable bonds is 1. The second-order valence-electron chi connectivity index (χ2n) is 6.90. The molecule has 7 heteroatoms. The lowest BCUT2D eigenvalue weighted by Gasteiger charge is -2.33. The number of halogens is 1. The summed E-state index contributed by atoms with van der Waals surface area (Å²) in [6.45, 7) is 5.60. The van der Waals surface area contributed by atoms with E-state index in [1.54, 1.807) is 32.9 Å². The zero-order valence-electron chi connectivity index (χ0n) is 13.8. The molecule has 1 amide bonds. The number of carbonyl (C=O) groups is 2. The summed E-state index contributed by atoms with van der Waals surface area (Å²) in [5, 5.41) is 4.08. The molecule has 1 atom stereocenters. The Labute approximate surface area is 139 Å². The topological polar surface area (TPSA) is 67.9 Å². The van der Waals surface area contributed by atoms with Gasteiger partial charge in [0.2, 0.25) is 5.91 Å². The third kappa shape index (κ3) is 2.99. The fraction of sp³-hybridized carbons (Fsp3) is 0.412. The summed E-state index contributed by atoms with van der Waals surface area (Å²) in [6.07, 6.45) is 2.60. The molecule has 3 rings (SSSR count). The molecule has 6 nitrogen and oxygen atoms in total. The number of hydroxylamine groups is 2. The SMILES string of the molecule is CC(C)(C)OC(=O)ON1CC=CC2(C1)C(=O)Nc1ccc(F)cc12. The van der Waals surface area contributed by atoms with Crippen LogP contribution in [0.2, 0.25) is 0 Å². The molecular formula is C17H19FN2O4. The molecule has 0 bridgehead atoms. The molecule has 24 heavy (non-hydrogen) atoms. The van der Waals surface area contributed by atoms with Gasteiger partial charge >= 0.3 is 6.16 Å². The fourth-order valence-electron chi connectivity index (χ4n) is 2.88. The van der Waals surface area contributed by atoms with Crippen molar-refractivity contribution in [3.05, 3.63) is 41.7 Å². The van der Waals surface area contributed by atoms with Gasteiger partial charge in [0.1, 0.15) is 16.8 Å². The molecule has 1 unspecified atom stereocenters. The molecule has 0 radical (unpaired) electrons. The molecule has 1 aromatic carbocycles. The Morgan fingerprint density at radius 3 is 2.83 bits per heavy atom. The number of fused-ring (bicyclic) bond motifs is 2. The molecule has 0 fully saturated rings. The van der Waals surface area contributed by atoms with E-state index >= 15 is 0 Å². The summed E-state index contributed by atoms with van der Waals surface area (Å²) < 4.78 is 18.8. The van der Waals surface area contributed by atoms with Gasteiger partial charge in [0.25, 0.3) is 0 Å². The average molecular weight is 334 g/mol. The monoisotopic (exact) mass is 334 g/mol. The molecule has 1 N–H and O–H groups in total. The largest absolute Gasteiger partial charge is 0.528 e. The lowest BCUT2D eigenvalue weighted by atomic mass is 9.79. The van der Waals surface area contributed by atoms with E-state index in [4.69, 9.17) is 9.57 Å². The van der Waals surface area contributed by atoms with Gasteiger partial charge in [-0.15, -0.1) is 5.06 Å². The smallest absolute Gasteiger partial charge is 0.427 e. The van der Waals surface area contributed by atoms with Crippen LogP contribution >= 0.6 is 0 Å². The van der Waals surface area contributed by atoms with Crippen LogP contribution in [0.4, 0.5) is 14.9 Å². The highest BCUT2D eigenvalue weighted by atomic mass is 19.1. The normalized spacial score (nSPS) is 23.1. The van der Waals surface area contributed by atoms with E-state index in [1.807, 2.05) is 0 Å². The van der Waals surface area contributed by atoms with Gasteiger partial charge in [-0.1, -0.05) is 12.2 Å². The first-order valence-corrected chi connectivity index (χ1v) is 7.65. The van der Waals surface area contributed by atoms with Crippen LogP contribution in [0.25, 0.3) is 0 Å². The number of hydrogen-bond donors (Lipinski definition) is 1. The minimum Gasteiger partial charge on any atom is -0.427 e. The predicted molar refractivity (Wildman–Crippen MR) is 84.7 cm³/mol. The Morgan fingerprint density at radius 2 is 2.12 bits per heavy atom. The Hall–Kier alpha value is -2.41. The first-order chi connectivity index (χ1) is 11.2. The molecule has 1 aromatic rings. The van der Waals surface area contributed by atoms with Crippen LogP contribution in [-0.4, -0.2) is 35.8 Å². The molecule has 2 aliphatic rings. The van der Waals surface area contributed by atoms with E-state index in [2.05, 4.69) is 5.32 Å². The van der Waals surface area contributed by atoms with Crippen molar-refractivity contribution in [2.24, 2.45) is 0 Å². The van der Waals surface area contributed by atoms with Crippen molar-refractivity contribution in [3.63, 3.8) is 0 Å². The summed E-state index contributed by atoms with van der Waals surface area (Å²) in [7, 11) is 0. The highest BCUT2D eigenvalue weighted by Crippen LogP contribution is 2.41. The van der Waals surface area contributed by atoms with Gasteiger partial charge in [0.15, 0.2) is 0 Å². The molecule has 0 saturated heterocycles. The van der Waals surface area contributed by atoms with Crippen LogP contribution in [0, 0.1) is 5.82 Å². The second kappa shape index (κ2) is 5.59. The van der Waals surface area contributed by atoms with Crippen molar-refractivity contribution in [2.45, 2.75) is 31.8 Å². The Kier molecular flexibility index (Phi) is 3.83. The van der Waals surface area contributed by atoms with Crippen molar-refractivity contribution in [2.75, 3.05) is 18.4 Å². The summed E-state index contributed by atoms with van der Waals surface area (Å²) in [6, 6.07) is 4.15. The van der Waals surface area contributed by atoms with Crippen molar-refractivity contribution in [1.29, 1.82) is 0 Å². The van der Waals surface area contributed by atoms with E-state index in [-0.39, 0.29) is 12.5 Å². The number of amides is 1. The van der Waals surface area contributed by atoms with Gasteiger partial charge in [-0.05, 0) is 44.5 Å². The maximum absolute atomic E-state index is 13.6. The fourth-order valence-corrected chi connectivity index (χ4v) is 2.88. The lowest BCUT2D eigenvalue weighted by molar-refractivity contribution is -0.151. The van der Waals surface area contributed by atoms with Crippen LogP contribution in [0.1, 0.15) is 26.3 Å². The Bertz CT molecular complexity index is 726. The summed E-state index contributed by atoms with van der Waals surface area (Å²) in [5.41, 5.74) is -0.676. The molecule has 0 saturated carbocycles. The van der Waals surface area contributed by atoms with Crippen molar-refractivity contribution in [3.8, 4) is 0 Å². The third-order valence-corrected chi connectivity index (χ3v) is 3.85. The van der Waals surface area contributed by atoms with Crippen molar-refractivity contribution >= 4 is 17.7 Å². The molecule has 0 aliphatic carbocycles. The van der Waals surface area contributed by atoms with Gasteiger partial charge in [-0.3, -0.25) is 4.79 Å². The first-order valence-electron chi connectivity index (χ1n) is 7.65. The number of nitrogens with zero attached hydrogens (tertiary/aromatic N) is 1. The Balaban J connectivity index is 1.83. The summed E-state index contributed by atoms with van der Waals surface area (Å²) in [4.78, 5) is 29.5. The molecule has 1 spiro atoms. The van der Waals surface area contributed by atoms with Crippen molar-refractivity contribution in [1.82, 2.24) is 5.06 Å². The highest BCUT2D eigenvalue weighted by Gasteiger charge is 2.48. The van der Waals surface area contributed by atoms with E-state index in [9.17, 15) is 14.0 Å². The minimum absolute atomic E-state index is 0.0883. The molecular weight excluding hydrogens is 315 g/mol. The minimum atomic E-state index is -1.09. The summed E-state index contributed by atoms with van der Waals surface area (Å²) >= 11 is 0. The zero-order valence-corrected chi connectivity index (χ0v) is 13.8. The quantitative estimate of drug-likeness (QED) is 0.632. The van der Waals surface area contributed by atoms with Crippen LogP contribution in [0.3, 0.4) is 0 Å². The molecule has 2 heterocycles.